The fraction of sp³-hybridized carbons (Fsp3) is 0.529. The van der Waals surface area contributed by atoms with E-state index in [9.17, 15) is 9.59 Å². The predicted molar refractivity (Wildman–Crippen MR) is 166 cm³/mol. The molecule has 0 unspecified atom stereocenters. The first-order chi connectivity index (χ1) is 20.6. The molecule has 0 aliphatic heterocycles. The Hall–Kier alpha value is -3.20. The first kappa shape index (κ1) is 36.8. The van der Waals surface area contributed by atoms with Crippen LogP contribution in [0.3, 0.4) is 0 Å². The number of ketones is 2. The Bertz CT molecular complexity index is 964. The summed E-state index contributed by atoms with van der Waals surface area (Å²) in [6.45, 7) is 2.03. The minimum absolute atomic E-state index is 0.00133. The summed E-state index contributed by atoms with van der Waals surface area (Å²) in [5.41, 5.74) is 0.141. The van der Waals surface area contributed by atoms with Crippen LogP contribution in [0.5, 0.6) is 17.2 Å². The van der Waals surface area contributed by atoms with E-state index in [1.54, 1.807) is 12.1 Å². The van der Waals surface area contributed by atoms with Gasteiger partial charge in [0, 0.05) is 39.9 Å². The number of allylic oxidation sites excluding steroid dienone is 8. The molecule has 0 saturated heterocycles. The van der Waals surface area contributed by atoms with Crippen LogP contribution >= 0.6 is 0 Å². The van der Waals surface area contributed by atoms with Gasteiger partial charge < -0.3 is 28.4 Å². The lowest BCUT2D eigenvalue weighted by atomic mass is 10.0. The van der Waals surface area contributed by atoms with Gasteiger partial charge in [0.1, 0.15) is 28.6 Å². The van der Waals surface area contributed by atoms with Gasteiger partial charge in [-0.25, -0.2) is 0 Å². The van der Waals surface area contributed by atoms with Crippen molar-refractivity contribution >= 4 is 11.6 Å². The van der Waals surface area contributed by atoms with Gasteiger partial charge in [-0.3, -0.25) is 9.59 Å². The number of carbonyl (C=O) groups excluding carboxylic acids is 2. The zero-order valence-electron chi connectivity index (χ0n) is 25.9. The van der Waals surface area contributed by atoms with E-state index in [1.807, 2.05) is 0 Å². The van der Waals surface area contributed by atoms with Crippen molar-refractivity contribution in [3.63, 3.8) is 0 Å². The summed E-state index contributed by atoms with van der Waals surface area (Å²) in [5, 5.41) is 0. The Morgan fingerprint density at radius 1 is 0.643 bits per heavy atom. The molecule has 8 nitrogen and oxygen atoms in total. The standard InChI is InChI=1S/C34H50O8/c1-5-6-7-8-9-10-11-12-13-14-15-16-17-18-19-20-21-22-29(35)23-31(36)34-32(41-27-38-3)24-30(40-26-37-2)25-33(34)42-28-39-4/h9-10,12-13,15-16,18-19,24-25H,5-8,11,14,17,20-23,26-28H2,1-4H3/b10-9-,13-12-,16-15-,19-18-. The number of rotatable bonds is 26. The smallest absolute Gasteiger partial charge is 0.188 e. The highest BCUT2D eigenvalue weighted by Gasteiger charge is 2.23. The topological polar surface area (TPSA) is 89.5 Å². The highest BCUT2D eigenvalue weighted by molar-refractivity contribution is 6.11. The number of benzene rings is 1. The van der Waals surface area contributed by atoms with Gasteiger partial charge >= 0.3 is 0 Å². The van der Waals surface area contributed by atoms with Crippen LogP contribution in [0.15, 0.2) is 60.7 Å². The molecule has 0 fully saturated rings. The van der Waals surface area contributed by atoms with E-state index in [-0.39, 0.29) is 49.6 Å². The second-order valence-corrected chi connectivity index (χ2v) is 9.57. The van der Waals surface area contributed by atoms with Crippen LogP contribution in [-0.2, 0) is 19.0 Å². The van der Waals surface area contributed by atoms with Crippen molar-refractivity contribution in [1.29, 1.82) is 0 Å². The predicted octanol–water partition coefficient (Wildman–Crippen LogP) is 7.92. The Balaban J connectivity index is 2.49. The molecule has 0 atom stereocenters. The first-order valence-corrected chi connectivity index (χ1v) is 14.7. The van der Waals surface area contributed by atoms with E-state index in [4.69, 9.17) is 28.4 Å². The molecule has 0 amide bonds. The molecule has 234 valence electrons. The van der Waals surface area contributed by atoms with Gasteiger partial charge in [0.15, 0.2) is 26.2 Å². The lowest BCUT2D eigenvalue weighted by molar-refractivity contribution is -0.118. The van der Waals surface area contributed by atoms with E-state index in [0.717, 1.165) is 25.7 Å². The first-order valence-electron chi connectivity index (χ1n) is 14.7. The Morgan fingerprint density at radius 3 is 1.62 bits per heavy atom. The van der Waals surface area contributed by atoms with Crippen molar-refractivity contribution < 1.29 is 38.0 Å². The van der Waals surface area contributed by atoms with E-state index < -0.39 is 5.78 Å². The number of carbonyl (C=O) groups is 2. The fourth-order valence-corrected chi connectivity index (χ4v) is 3.86. The normalized spacial score (nSPS) is 11.8. The third kappa shape index (κ3) is 17.6. The van der Waals surface area contributed by atoms with Gasteiger partial charge in [0.05, 0.1) is 6.42 Å². The number of methoxy groups -OCH3 is 3. The zero-order valence-corrected chi connectivity index (χ0v) is 25.9. The van der Waals surface area contributed by atoms with Gasteiger partial charge in [0.25, 0.3) is 0 Å². The molecule has 42 heavy (non-hydrogen) atoms. The highest BCUT2D eigenvalue weighted by Crippen LogP contribution is 2.36. The Kier molecular flexibility index (Phi) is 22.4. The molecule has 1 aromatic carbocycles. The average molecular weight is 587 g/mol. The van der Waals surface area contributed by atoms with E-state index in [1.165, 1.54) is 47.0 Å². The minimum atomic E-state index is -0.409. The van der Waals surface area contributed by atoms with Crippen molar-refractivity contribution in [2.24, 2.45) is 0 Å². The third-order valence-electron chi connectivity index (χ3n) is 5.97. The Morgan fingerprint density at radius 2 is 1.12 bits per heavy atom. The number of hydrogen-bond donors (Lipinski definition) is 0. The maximum atomic E-state index is 13.2. The second-order valence-electron chi connectivity index (χ2n) is 9.57. The molecule has 0 spiro atoms. The summed E-state index contributed by atoms with van der Waals surface area (Å²) in [7, 11) is 4.44. The second kappa shape index (κ2) is 25.5. The molecule has 8 heteroatoms. The summed E-state index contributed by atoms with van der Waals surface area (Å²) < 4.78 is 31.7. The van der Waals surface area contributed by atoms with Gasteiger partial charge in [-0.2, -0.15) is 0 Å². The van der Waals surface area contributed by atoms with Crippen molar-refractivity contribution in [2.45, 2.75) is 77.6 Å². The van der Waals surface area contributed by atoms with Crippen molar-refractivity contribution in [3.05, 3.63) is 66.3 Å². The van der Waals surface area contributed by atoms with Gasteiger partial charge in [0.2, 0.25) is 0 Å². The summed E-state index contributed by atoms with van der Waals surface area (Å²) >= 11 is 0. The van der Waals surface area contributed by atoms with Crippen molar-refractivity contribution in [2.75, 3.05) is 41.7 Å². The van der Waals surface area contributed by atoms with Gasteiger partial charge in [-0.15, -0.1) is 0 Å². The summed E-state index contributed by atoms with van der Waals surface area (Å²) in [4.78, 5) is 25.8. The van der Waals surface area contributed by atoms with Crippen molar-refractivity contribution in [3.8, 4) is 17.2 Å². The van der Waals surface area contributed by atoms with Crippen LogP contribution in [0, 0.1) is 0 Å². The maximum absolute atomic E-state index is 13.2. The maximum Gasteiger partial charge on any atom is 0.188 e. The number of ether oxygens (including phenoxy) is 6. The molecule has 1 rings (SSSR count). The molecule has 0 bridgehead atoms. The minimum Gasteiger partial charge on any atom is -0.467 e. The summed E-state index contributed by atoms with van der Waals surface area (Å²) in [5.74, 6) is 0.195. The molecule has 0 radical (unpaired) electrons. The monoisotopic (exact) mass is 586 g/mol. The van der Waals surface area contributed by atoms with Crippen LogP contribution in [0.2, 0.25) is 0 Å². The third-order valence-corrected chi connectivity index (χ3v) is 5.97. The largest absolute Gasteiger partial charge is 0.467 e. The summed E-state index contributed by atoms with van der Waals surface area (Å²) in [6.07, 6.45) is 26.7. The lowest BCUT2D eigenvalue weighted by Crippen LogP contribution is -2.14. The quantitative estimate of drug-likeness (QED) is 0.0356. The van der Waals surface area contributed by atoms with Crippen molar-refractivity contribution in [1.82, 2.24) is 0 Å². The number of unbranched alkanes of at least 4 members (excludes halogenated alkanes) is 4. The average Bonchev–Trinajstić information content (AvgIpc) is 2.99. The summed E-state index contributed by atoms with van der Waals surface area (Å²) in [6, 6.07) is 3.08. The van der Waals surface area contributed by atoms with Gasteiger partial charge in [-0.05, 0) is 44.9 Å². The van der Waals surface area contributed by atoms with Crippen LogP contribution < -0.4 is 14.2 Å². The van der Waals surface area contributed by atoms with E-state index in [2.05, 4.69) is 55.5 Å². The van der Waals surface area contributed by atoms with Crippen LogP contribution in [0.25, 0.3) is 0 Å². The molecule has 0 aliphatic rings. The molecular weight excluding hydrogens is 536 g/mol. The van der Waals surface area contributed by atoms with Gasteiger partial charge in [-0.1, -0.05) is 68.4 Å². The van der Waals surface area contributed by atoms with E-state index >= 15 is 0 Å². The molecule has 0 N–H and O–H groups in total. The molecule has 0 saturated carbocycles. The zero-order chi connectivity index (χ0) is 30.7. The number of hydrogen-bond acceptors (Lipinski definition) is 8. The lowest BCUT2D eigenvalue weighted by Gasteiger charge is -2.17. The molecule has 0 aliphatic carbocycles. The van der Waals surface area contributed by atoms with Crippen LogP contribution in [0.4, 0.5) is 0 Å². The Labute approximate surface area is 252 Å². The van der Waals surface area contributed by atoms with E-state index in [0.29, 0.717) is 18.6 Å². The molecule has 0 heterocycles. The fourth-order valence-electron chi connectivity index (χ4n) is 3.86. The molecule has 0 aromatic heterocycles. The molecule has 1 aromatic rings. The highest BCUT2D eigenvalue weighted by atomic mass is 16.7. The molecular formula is C34H50O8. The van der Waals surface area contributed by atoms with Crippen LogP contribution in [0.1, 0.15) is 87.9 Å². The van der Waals surface area contributed by atoms with Crippen LogP contribution in [-0.4, -0.2) is 53.3 Å². The number of Topliss-reactive ketones (excluding diaryl/α,β-unsaturated/α-hetero) is 2. The SMILES string of the molecule is CCCCC/C=C\C/C=C\C/C=C\C/C=C\CCCC(=O)CC(=O)c1c(OCOC)cc(OCOC)cc1OCOC.